The van der Waals surface area contributed by atoms with Crippen molar-refractivity contribution in [3.8, 4) is 16.9 Å². The Labute approximate surface area is 147 Å². The molecule has 0 aliphatic carbocycles. The minimum absolute atomic E-state index is 0.228. The molecule has 0 spiro atoms. The van der Waals surface area contributed by atoms with Crippen molar-refractivity contribution in [1.82, 2.24) is 4.98 Å². The molecule has 0 fully saturated rings. The van der Waals surface area contributed by atoms with Gasteiger partial charge in [0.2, 0.25) is 5.43 Å². The lowest BCUT2D eigenvalue weighted by molar-refractivity contribution is 0.275. The summed E-state index contributed by atoms with van der Waals surface area (Å²) in [5.74, 6) is 0.228. The molecule has 5 heteroatoms. The number of aliphatic hydroxyl groups is 1. The number of aliphatic hydroxyl groups excluding tert-OH is 1. The topological polar surface area (TPSA) is 62.3 Å². The van der Waals surface area contributed by atoms with Crippen LogP contribution in [0.1, 0.15) is 11.3 Å². The number of rotatable bonds is 5. The number of hydrogen-bond acceptors (Lipinski definition) is 3. The van der Waals surface area contributed by atoms with Crippen molar-refractivity contribution in [3.05, 3.63) is 86.7 Å². The fourth-order valence-electron chi connectivity index (χ4n) is 2.47. The third-order valence-electron chi connectivity index (χ3n) is 3.64. The van der Waals surface area contributed by atoms with Crippen molar-refractivity contribution < 1.29 is 9.84 Å². The molecule has 3 aromatic rings. The van der Waals surface area contributed by atoms with Crippen molar-refractivity contribution in [3.63, 3.8) is 0 Å². The van der Waals surface area contributed by atoms with E-state index in [1.165, 1.54) is 6.20 Å². The SMILES string of the molecule is O=c1c(OCc2ccccc2)c[nH]c(CO)c1-c1cccc(Br)c1. The fourth-order valence-corrected chi connectivity index (χ4v) is 2.87. The van der Waals surface area contributed by atoms with Gasteiger partial charge in [0.25, 0.3) is 0 Å². The first-order valence-electron chi connectivity index (χ1n) is 7.47. The zero-order valence-corrected chi connectivity index (χ0v) is 14.4. The number of halogens is 1. The second-order valence-corrected chi connectivity index (χ2v) is 6.19. The van der Waals surface area contributed by atoms with Crippen molar-refractivity contribution >= 4 is 15.9 Å². The summed E-state index contributed by atoms with van der Waals surface area (Å²) in [6.07, 6.45) is 1.50. The summed E-state index contributed by atoms with van der Waals surface area (Å²) in [5, 5.41) is 9.55. The Kier molecular flexibility index (Phi) is 5.13. The summed E-state index contributed by atoms with van der Waals surface area (Å²) in [6.45, 7) is 0.0520. The Bertz CT molecular complexity index is 891. The van der Waals surface area contributed by atoms with Gasteiger partial charge in [-0.3, -0.25) is 4.79 Å². The van der Waals surface area contributed by atoms with Gasteiger partial charge in [-0.05, 0) is 23.3 Å². The van der Waals surface area contributed by atoms with Crippen LogP contribution in [-0.4, -0.2) is 10.1 Å². The highest BCUT2D eigenvalue weighted by Gasteiger charge is 2.14. The maximum Gasteiger partial charge on any atom is 0.231 e. The molecule has 0 radical (unpaired) electrons. The molecule has 0 saturated heterocycles. The van der Waals surface area contributed by atoms with Gasteiger partial charge in [0.05, 0.1) is 17.9 Å². The first-order chi connectivity index (χ1) is 11.7. The molecule has 0 saturated carbocycles. The number of nitrogens with one attached hydrogen (secondary N) is 1. The van der Waals surface area contributed by atoms with E-state index in [0.717, 1.165) is 15.6 Å². The molecule has 0 aliphatic heterocycles. The van der Waals surface area contributed by atoms with Gasteiger partial charge >= 0.3 is 0 Å². The summed E-state index contributed by atoms with van der Waals surface area (Å²) >= 11 is 3.40. The molecule has 0 amide bonds. The van der Waals surface area contributed by atoms with Crippen LogP contribution < -0.4 is 10.2 Å². The van der Waals surface area contributed by atoms with Crippen LogP contribution in [0.2, 0.25) is 0 Å². The average Bonchev–Trinajstić information content (AvgIpc) is 2.61. The lowest BCUT2D eigenvalue weighted by Crippen LogP contribution is -2.14. The molecule has 0 aliphatic rings. The predicted octanol–water partition coefficient (Wildman–Crippen LogP) is 3.88. The quantitative estimate of drug-likeness (QED) is 0.700. The van der Waals surface area contributed by atoms with Gasteiger partial charge in [0.15, 0.2) is 5.75 Å². The van der Waals surface area contributed by atoms with E-state index in [9.17, 15) is 9.90 Å². The number of benzene rings is 2. The first-order valence-corrected chi connectivity index (χ1v) is 8.26. The van der Waals surface area contributed by atoms with E-state index in [4.69, 9.17) is 4.74 Å². The standard InChI is InChI=1S/C19H16BrNO3/c20-15-8-4-7-14(9-15)18-16(11-22)21-10-17(19(18)23)24-12-13-5-2-1-3-6-13/h1-10,22H,11-12H2,(H,21,23). The van der Waals surface area contributed by atoms with E-state index in [2.05, 4.69) is 20.9 Å². The van der Waals surface area contributed by atoms with Gasteiger partial charge in [0, 0.05) is 10.7 Å². The minimum Gasteiger partial charge on any atom is -0.483 e. The molecule has 1 heterocycles. The van der Waals surface area contributed by atoms with Crippen LogP contribution in [0.25, 0.3) is 11.1 Å². The molecular weight excluding hydrogens is 370 g/mol. The normalized spacial score (nSPS) is 10.6. The molecule has 24 heavy (non-hydrogen) atoms. The van der Waals surface area contributed by atoms with Crippen molar-refractivity contribution in [2.45, 2.75) is 13.2 Å². The maximum absolute atomic E-state index is 12.8. The third-order valence-corrected chi connectivity index (χ3v) is 4.13. The van der Waals surface area contributed by atoms with Crippen LogP contribution in [0.3, 0.4) is 0 Å². The highest BCUT2D eigenvalue weighted by Crippen LogP contribution is 2.24. The van der Waals surface area contributed by atoms with Crippen LogP contribution in [0, 0.1) is 0 Å². The highest BCUT2D eigenvalue weighted by atomic mass is 79.9. The lowest BCUT2D eigenvalue weighted by Gasteiger charge is -2.11. The largest absolute Gasteiger partial charge is 0.483 e. The van der Waals surface area contributed by atoms with E-state index in [1.54, 1.807) is 0 Å². The predicted molar refractivity (Wildman–Crippen MR) is 96.9 cm³/mol. The zero-order valence-electron chi connectivity index (χ0n) is 12.8. The molecule has 0 bridgehead atoms. The van der Waals surface area contributed by atoms with Gasteiger partial charge < -0.3 is 14.8 Å². The number of hydrogen-bond donors (Lipinski definition) is 2. The van der Waals surface area contributed by atoms with Gasteiger partial charge in [0.1, 0.15) is 6.61 Å². The zero-order chi connectivity index (χ0) is 16.9. The summed E-state index contributed by atoms with van der Waals surface area (Å²) in [6, 6.07) is 17.0. The molecule has 2 aromatic carbocycles. The molecule has 1 aromatic heterocycles. The van der Waals surface area contributed by atoms with E-state index < -0.39 is 0 Å². The Morgan fingerprint density at radius 2 is 1.88 bits per heavy atom. The summed E-state index contributed by atoms with van der Waals surface area (Å²) < 4.78 is 6.54. The van der Waals surface area contributed by atoms with E-state index in [1.807, 2.05) is 54.6 Å². The molecule has 2 N–H and O–H groups in total. The third kappa shape index (κ3) is 3.58. The average molecular weight is 386 g/mol. The number of H-pyrrole nitrogens is 1. The molecule has 0 unspecified atom stereocenters. The maximum atomic E-state index is 12.8. The monoisotopic (exact) mass is 385 g/mol. The smallest absolute Gasteiger partial charge is 0.231 e. The second-order valence-electron chi connectivity index (χ2n) is 5.28. The molecular formula is C19H16BrNO3. The second kappa shape index (κ2) is 7.47. The summed E-state index contributed by atoms with van der Waals surface area (Å²) in [4.78, 5) is 15.8. The fraction of sp³-hybridized carbons (Fsp3) is 0.105. The lowest BCUT2D eigenvalue weighted by atomic mass is 10.0. The number of ether oxygens (including phenoxy) is 1. The van der Waals surface area contributed by atoms with Crippen molar-refractivity contribution in [2.24, 2.45) is 0 Å². The number of aromatic nitrogens is 1. The van der Waals surface area contributed by atoms with Crippen LogP contribution in [0.5, 0.6) is 5.75 Å². The van der Waals surface area contributed by atoms with Gasteiger partial charge in [-0.2, -0.15) is 0 Å². The van der Waals surface area contributed by atoms with Gasteiger partial charge in [-0.15, -0.1) is 0 Å². The van der Waals surface area contributed by atoms with Gasteiger partial charge in [-0.1, -0.05) is 58.4 Å². The van der Waals surface area contributed by atoms with Crippen molar-refractivity contribution in [1.29, 1.82) is 0 Å². The van der Waals surface area contributed by atoms with Crippen LogP contribution in [-0.2, 0) is 13.2 Å². The van der Waals surface area contributed by atoms with E-state index in [0.29, 0.717) is 17.9 Å². The molecule has 122 valence electrons. The highest BCUT2D eigenvalue weighted by molar-refractivity contribution is 9.10. The molecule has 3 rings (SSSR count). The Morgan fingerprint density at radius 1 is 1.08 bits per heavy atom. The minimum atomic E-state index is -0.254. The van der Waals surface area contributed by atoms with Crippen LogP contribution in [0.4, 0.5) is 0 Å². The van der Waals surface area contributed by atoms with Crippen molar-refractivity contribution in [2.75, 3.05) is 0 Å². The van der Waals surface area contributed by atoms with Crippen LogP contribution in [0.15, 0.2) is 70.1 Å². The van der Waals surface area contributed by atoms with E-state index >= 15 is 0 Å². The number of aromatic amines is 1. The molecule has 4 nitrogen and oxygen atoms in total. The molecule has 0 atom stereocenters. The Morgan fingerprint density at radius 3 is 2.58 bits per heavy atom. The summed E-state index contributed by atoms with van der Waals surface area (Å²) in [7, 11) is 0. The van der Waals surface area contributed by atoms with Gasteiger partial charge in [-0.25, -0.2) is 0 Å². The van der Waals surface area contributed by atoms with Crippen LogP contribution >= 0.6 is 15.9 Å². The number of pyridine rings is 1. The Balaban J connectivity index is 1.98. The first kappa shape index (κ1) is 16.5. The Hall–Kier alpha value is -2.37. The van der Waals surface area contributed by atoms with E-state index in [-0.39, 0.29) is 17.8 Å². The summed E-state index contributed by atoms with van der Waals surface area (Å²) in [5.41, 5.74) is 2.34.